The van der Waals surface area contributed by atoms with Gasteiger partial charge < -0.3 is 10.2 Å². The number of likely N-dealkylation sites (tertiary alicyclic amines) is 1. The van der Waals surface area contributed by atoms with Gasteiger partial charge in [-0.15, -0.1) is 0 Å². The van der Waals surface area contributed by atoms with Crippen LogP contribution in [0.1, 0.15) is 23.2 Å². The molecule has 140 valence electrons. The lowest BCUT2D eigenvalue weighted by molar-refractivity contribution is -0.384. The molecule has 0 unspecified atom stereocenters. The third-order valence-corrected chi connectivity index (χ3v) is 4.55. The highest BCUT2D eigenvalue weighted by molar-refractivity contribution is 5.95. The van der Waals surface area contributed by atoms with Gasteiger partial charge in [-0.25, -0.2) is 4.39 Å². The van der Waals surface area contributed by atoms with Crippen LogP contribution in [0.5, 0.6) is 0 Å². The fourth-order valence-electron chi connectivity index (χ4n) is 3.09. The van der Waals surface area contributed by atoms with Gasteiger partial charge in [-0.3, -0.25) is 19.7 Å². The van der Waals surface area contributed by atoms with Crippen LogP contribution in [-0.4, -0.2) is 34.7 Å². The van der Waals surface area contributed by atoms with Crippen molar-refractivity contribution in [2.24, 2.45) is 5.92 Å². The maximum absolute atomic E-state index is 13.3. The minimum atomic E-state index is -0.522. The predicted octanol–water partition coefficient (Wildman–Crippen LogP) is 3.22. The number of nitrogens with zero attached hydrogens (tertiary/aromatic N) is 2. The van der Waals surface area contributed by atoms with Gasteiger partial charge in [-0.1, -0.05) is 12.1 Å². The fourth-order valence-corrected chi connectivity index (χ4v) is 3.09. The van der Waals surface area contributed by atoms with Gasteiger partial charge in [0.1, 0.15) is 5.82 Å². The van der Waals surface area contributed by atoms with Gasteiger partial charge in [-0.05, 0) is 37.1 Å². The maximum Gasteiger partial charge on any atom is 0.271 e. The van der Waals surface area contributed by atoms with Crippen LogP contribution >= 0.6 is 0 Å². The van der Waals surface area contributed by atoms with E-state index in [-0.39, 0.29) is 29.0 Å². The van der Waals surface area contributed by atoms with Crippen molar-refractivity contribution in [3.63, 3.8) is 0 Å². The van der Waals surface area contributed by atoms with E-state index in [0.29, 0.717) is 31.6 Å². The largest absolute Gasteiger partial charge is 0.339 e. The summed E-state index contributed by atoms with van der Waals surface area (Å²) >= 11 is 0. The van der Waals surface area contributed by atoms with Crippen molar-refractivity contribution >= 4 is 23.2 Å². The standard InChI is InChI=1S/C19H18FN3O4/c20-15-4-1-3-14(11-15)19(25)22-9-7-13(8-10-22)18(24)21-16-5-2-6-17(12-16)23(26)27/h1-6,11-13H,7-10H2,(H,21,24). The molecule has 1 N–H and O–H groups in total. The zero-order valence-electron chi connectivity index (χ0n) is 14.4. The Bertz CT molecular complexity index is 879. The summed E-state index contributed by atoms with van der Waals surface area (Å²) in [4.78, 5) is 36.7. The topological polar surface area (TPSA) is 92.5 Å². The van der Waals surface area contributed by atoms with Gasteiger partial charge >= 0.3 is 0 Å². The number of piperidine rings is 1. The van der Waals surface area contributed by atoms with Crippen LogP contribution in [0.25, 0.3) is 0 Å². The molecule has 0 aliphatic carbocycles. The van der Waals surface area contributed by atoms with E-state index in [4.69, 9.17) is 0 Å². The minimum Gasteiger partial charge on any atom is -0.339 e. The van der Waals surface area contributed by atoms with E-state index < -0.39 is 10.7 Å². The molecule has 1 saturated heterocycles. The highest BCUT2D eigenvalue weighted by atomic mass is 19.1. The van der Waals surface area contributed by atoms with Gasteiger partial charge in [0.2, 0.25) is 5.91 Å². The number of non-ortho nitro benzene ring substituents is 1. The molecule has 0 radical (unpaired) electrons. The lowest BCUT2D eigenvalue weighted by atomic mass is 9.95. The molecule has 2 amide bonds. The first-order chi connectivity index (χ1) is 12.9. The molecule has 8 heteroatoms. The van der Waals surface area contributed by atoms with Crippen molar-refractivity contribution in [1.82, 2.24) is 4.90 Å². The average Bonchev–Trinajstić information content (AvgIpc) is 2.67. The molecular weight excluding hydrogens is 353 g/mol. The molecule has 0 bridgehead atoms. The average molecular weight is 371 g/mol. The molecule has 3 rings (SSSR count). The molecule has 2 aromatic carbocycles. The van der Waals surface area contributed by atoms with E-state index in [1.54, 1.807) is 17.0 Å². The number of rotatable bonds is 4. The summed E-state index contributed by atoms with van der Waals surface area (Å²) in [6, 6.07) is 11.3. The lowest BCUT2D eigenvalue weighted by Crippen LogP contribution is -2.41. The summed E-state index contributed by atoms with van der Waals surface area (Å²) in [5, 5.41) is 13.5. The number of hydrogen-bond donors (Lipinski definition) is 1. The van der Waals surface area contributed by atoms with Crippen molar-refractivity contribution in [2.75, 3.05) is 18.4 Å². The second-order valence-corrected chi connectivity index (χ2v) is 6.37. The van der Waals surface area contributed by atoms with Gasteiger partial charge in [0.05, 0.1) is 4.92 Å². The zero-order chi connectivity index (χ0) is 19.4. The normalized spacial score (nSPS) is 14.6. The Morgan fingerprint density at radius 2 is 1.81 bits per heavy atom. The number of carbonyl (C=O) groups is 2. The van der Waals surface area contributed by atoms with Crippen LogP contribution in [0.4, 0.5) is 15.8 Å². The van der Waals surface area contributed by atoms with E-state index in [0.717, 1.165) is 0 Å². The second-order valence-electron chi connectivity index (χ2n) is 6.37. The highest BCUT2D eigenvalue weighted by Crippen LogP contribution is 2.23. The van der Waals surface area contributed by atoms with Crippen molar-refractivity contribution < 1.29 is 18.9 Å². The predicted molar refractivity (Wildman–Crippen MR) is 96.8 cm³/mol. The molecule has 0 spiro atoms. The molecule has 2 aromatic rings. The first-order valence-electron chi connectivity index (χ1n) is 8.54. The summed E-state index contributed by atoms with van der Waals surface area (Å²) in [6.45, 7) is 0.782. The number of hydrogen-bond acceptors (Lipinski definition) is 4. The third-order valence-electron chi connectivity index (χ3n) is 4.55. The van der Waals surface area contributed by atoms with E-state index >= 15 is 0 Å². The number of benzene rings is 2. The lowest BCUT2D eigenvalue weighted by Gasteiger charge is -2.31. The molecule has 1 aliphatic rings. The second kappa shape index (κ2) is 7.94. The quantitative estimate of drug-likeness (QED) is 0.660. The molecular formula is C19H18FN3O4. The monoisotopic (exact) mass is 371 g/mol. The van der Waals surface area contributed by atoms with Crippen LogP contribution in [0.15, 0.2) is 48.5 Å². The Kier molecular flexibility index (Phi) is 5.44. The molecule has 1 heterocycles. The number of nitro benzene ring substituents is 1. The zero-order valence-corrected chi connectivity index (χ0v) is 14.4. The SMILES string of the molecule is O=C(Nc1cccc([N+](=O)[O-])c1)C1CCN(C(=O)c2cccc(F)c2)CC1. The molecule has 0 aromatic heterocycles. The minimum absolute atomic E-state index is 0.0942. The Balaban J connectivity index is 1.57. The Morgan fingerprint density at radius 3 is 2.48 bits per heavy atom. The first-order valence-corrected chi connectivity index (χ1v) is 8.54. The summed E-state index contributed by atoms with van der Waals surface area (Å²) in [7, 11) is 0. The molecule has 7 nitrogen and oxygen atoms in total. The Morgan fingerprint density at radius 1 is 1.11 bits per heavy atom. The summed E-state index contributed by atoms with van der Waals surface area (Å²) in [6.07, 6.45) is 0.948. The summed E-state index contributed by atoms with van der Waals surface area (Å²) in [5.41, 5.74) is 0.560. The fraction of sp³-hybridized carbons (Fsp3) is 0.263. The first kappa shape index (κ1) is 18.5. The number of nitrogens with one attached hydrogen (secondary N) is 1. The third kappa shape index (κ3) is 4.46. The molecule has 1 aliphatic heterocycles. The van der Waals surface area contributed by atoms with Crippen LogP contribution in [-0.2, 0) is 4.79 Å². The molecule has 0 saturated carbocycles. The number of halogens is 1. The molecule has 0 atom stereocenters. The van der Waals surface area contributed by atoms with E-state index in [1.165, 1.54) is 36.4 Å². The van der Waals surface area contributed by atoms with Gasteiger partial charge in [0, 0.05) is 42.4 Å². The highest BCUT2D eigenvalue weighted by Gasteiger charge is 2.28. The Hall–Kier alpha value is -3.29. The van der Waals surface area contributed by atoms with Crippen LogP contribution in [0.2, 0.25) is 0 Å². The summed E-state index contributed by atoms with van der Waals surface area (Å²) < 4.78 is 13.3. The van der Waals surface area contributed by atoms with E-state index in [9.17, 15) is 24.1 Å². The van der Waals surface area contributed by atoms with Crippen molar-refractivity contribution in [1.29, 1.82) is 0 Å². The van der Waals surface area contributed by atoms with E-state index in [1.807, 2.05) is 0 Å². The number of anilines is 1. The molecule has 27 heavy (non-hydrogen) atoms. The van der Waals surface area contributed by atoms with Gasteiger partial charge in [-0.2, -0.15) is 0 Å². The van der Waals surface area contributed by atoms with Crippen LogP contribution in [0.3, 0.4) is 0 Å². The smallest absolute Gasteiger partial charge is 0.271 e. The van der Waals surface area contributed by atoms with Crippen molar-refractivity contribution in [2.45, 2.75) is 12.8 Å². The van der Waals surface area contributed by atoms with E-state index in [2.05, 4.69) is 5.32 Å². The van der Waals surface area contributed by atoms with Crippen LogP contribution < -0.4 is 5.32 Å². The number of nitro groups is 1. The Labute approximate surface area is 154 Å². The number of amides is 2. The van der Waals surface area contributed by atoms with Crippen molar-refractivity contribution in [3.8, 4) is 0 Å². The maximum atomic E-state index is 13.3. The molecule has 1 fully saturated rings. The van der Waals surface area contributed by atoms with Crippen molar-refractivity contribution in [3.05, 3.63) is 70.0 Å². The number of carbonyl (C=O) groups excluding carboxylic acids is 2. The summed E-state index contributed by atoms with van der Waals surface area (Å²) in [5.74, 6) is -1.24. The van der Waals surface area contributed by atoms with Gasteiger partial charge in [0.25, 0.3) is 11.6 Å². The van der Waals surface area contributed by atoms with Crippen LogP contribution in [0, 0.1) is 21.8 Å². The van der Waals surface area contributed by atoms with Gasteiger partial charge in [0.15, 0.2) is 0 Å².